The normalized spacial score (nSPS) is 10.3. The molecule has 0 fully saturated rings. The Morgan fingerprint density at radius 1 is 0.312 bits per heavy atom. The van der Waals surface area contributed by atoms with E-state index in [1.54, 1.807) is 0 Å². The third-order valence-electron chi connectivity index (χ3n) is 10.8. The Morgan fingerprint density at radius 2 is 0.547 bits per heavy atom. The molecule has 0 radical (unpaired) electrons. The molecule has 0 aromatic heterocycles. The summed E-state index contributed by atoms with van der Waals surface area (Å²) in [5.41, 5.74) is 1.77. The van der Waals surface area contributed by atoms with Crippen LogP contribution in [0.3, 0.4) is 0 Å². The molecule has 0 saturated carbocycles. The molecule has 0 unspecified atom stereocenters. The summed E-state index contributed by atoms with van der Waals surface area (Å²) >= 11 is 0. The van der Waals surface area contributed by atoms with E-state index in [0.717, 1.165) is 11.1 Å². The van der Waals surface area contributed by atoms with Crippen molar-refractivity contribution < 1.29 is 9.47 Å². The third kappa shape index (κ3) is 10.3. The summed E-state index contributed by atoms with van der Waals surface area (Å²) in [6.45, 7) is 0. The monoisotopic (exact) mass is 854 g/mol. The molecular weight excluding hydrogens is 815 g/mol. The average molecular weight is 855 g/mol. The molecule has 0 N–H and O–H groups in total. The fraction of sp³-hybridized carbons (Fsp3) is 0.0333. The maximum atomic E-state index is 6.55. The van der Waals surface area contributed by atoms with E-state index in [4.69, 9.17) is 22.3 Å². The second-order valence-electron chi connectivity index (χ2n) is 14.4. The van der Waals surface area contributed by atoms with E-state index in [-0.39, 0.29) is 0 Å². The van der Waals surface area contributed by atoms with E-state index < -0.39 is 14.5 Å². The van der Waals surface area contributed by atoms with E-state index in [1.807, 2.05) is 0 Å². The first-order valence-corrected chi connectivity index (χ1v) is 24.8. The molecule has 7 aromatic rings. The Balaban J connectivity index is 1.52. The SMILES string of the molecule is C#CC#CC#CC#COc1cc(C[PH](c2ccccc2)(c2ccccc2)c2ccccc2)c(OC#CC#CC#CC#C)cc1C[PH](c1ccccc1)(c1ccccc1)c1ccccc1. The van der Waals surface area contributed by atoms with Gasteiger partial charge in [0.25, 0.3) is 0 Å². The quantitative estimate of drug-likeness (QED) is 0.0915. The van der Waals surface area contributed by atoms with E-state index >= 15 is 0 Å². The fourth-order valence-corrected chi connectivity index (χ4v) is 17.6. The Morgan fingerprint density at radius 3 is 0.797 bits per heavy atom. The zero-order valence-corrected chi connectivity index (χ0v) is 36.9. The molecule has 0 spiro atoms. The van der Waals surface area contributed by atoms with Crippen molar-refractivity contribution >= 4 is 46.4 Å². The van der Waals surface area contributed by atoms with Gasteiger partial charge in [0, 0.05) is 0 Å². The van der Waals surface area contributed by atoms with Crippen LogP contribution in [-0.4, -0.2) is 0 Å². The van der Waals surface area contributed by atoms with Crippen LogP contribution in [0, 0.1) is 96.1 Å². The van der Waals surface area contributed by atoms with Crippen molar-refractivity contribution in [2.75, 3.05) is 0 Å². The van der Waals surface area contributed by atoms with Gasteiger partial charge in [-0.25, -0.2) is 0 Å². The topological polar surface area (TPSA) is 18.5 Å². The van der Waals surface area contributed by atoms with Gasteiger partial charge in [0.15, 0.2) is 0 Å². The summed E-state index contributed by atoms with van der Waals surface area (Å²) in [7, 11) is -5.79. The zero-order valence-electron chi connectivity index (χ0n) is 34.9. The van der Waals surface area contributed by atoms with Crippen LogP contribution in [0.1, 0.15) is 11.1 Å². The summed E-state index contributed by atoms with van der Waals surface area (Å²) in [6, 6.07) is 68.6. The van der Waals surface area contributed by atoms with E-state index in [2.05, 4.69) is 277 Å². The van der Waals surface area contributed by atoms with Crippen molar-refractivity contribution in [1.82, 2.24) is 0 Å². The first-order chi connectivity index (χ1) is 31.7. The second kappa shape index (κ2) is 22.4. The van der Waals surface area contributed by atoms with Gasteiger partial charge < -0.3 is 0 Å². The summed E-state index contributed by atoms with van der Waals surface area (Å²) in [5.74, 6) is 32.4. The average Bonchev–Trinajstić information content (AvgIpc) is 3.36. The third-order valence-corrected chi connectivity index (χ3v) is 20.6. The second-order valence-corrected chi connectivity index (χ2v) is 22.2. The Bertz CT molecular complexity index is 2780. The van der Waals surface area contributed by atoms with Gasteiger partial charge in [-0.1, -0.05) is 0 Å². The van der Waals surface area contributed by atoms with Crippen LogP contribution in [-0.2, 0) is 12.3 Å². The molecular formula is C60H40O2P2. The molecule has 7 rings (SSSR count). The molecule has 0 bridgehead atoms. The summed E-state index contributed by atoms with van der Waals surface area (Å²) < 4.78 is 13.1. The Kier molecular flexibility index (Phi) is 15.2. The number of terminal acetylenes is 2. The maximum absolute atomic E-state index is 6.55. The van der Waals surface area contributed by atoms with Crippen LogP contribution in [0.25, 0.3) is 0 Å². The number of hydrogen-bond donors (Lipinski definition) is 0. The van der Waals surface area contributed by atoms with Crippen LogP contribution >= 0.6 is 14.5 Å². The van der Waals surface area contributed by atoms with Crippen LogP contribution < -0.4 is 41.3 Å². The van der Waals surface area contributed by atoms with Crippen molar-refractivity contribution in [2.24, 2.45) is 0 Å². The number of ether oxygens (including phenoxy) is 2. The first-order valence-electron chi connectivity index (χ1n) is 20.4. The molecule has 4 heteroatoms. The molecule has 7 aromatic carbocycles. The minimum atomic E-state index is -2.90. The van der Waals surface area contributed by atoms with E-state index in [0.29, 0.717) is 23.8 Å². The predicted octanol–water partition coefficient (Wildman–Crippen LogP) is 8.10. The van der Waals surface area contributed by atoms with Gasteiger partial charge in [0.05, 0.1) is 0 Å². The van der Waals surface area contributed by atoms with Gasteiger partial charge in [-0.2, -0.15) is 0 Å². The van der Waals surface area contributed by atoms with Crippen molar-refractivity contribution in [3.05, 3.63) is 205 Å². The summed E-state index contributed by atoms with van der Waals surface area (Å²) in [5, 5.41) is 7.42. The number of rotatable bonds is 12. The first kappa shape index (κ1) is 43.6. The van der Waals surface area contributed by atoms with Crippen molar-refractivity contribution in [1.29, 1.82) is 0 Å². The Labute approximate surface area is 379 Å². The molecule has 2 nitrogen and oxygen atoms in total. The van der Waals surface area contributed by atoms with E-state index in [1.165, 1.54) is 31.8 Å². The van der Waals surface area contributed by atoms with Crippen LogP contribution in [0.15, 0.2) is 194 Å². The molecule has 0 amide bonds. The molecule has 0 heterocycles. The van der Waals surface area contributed by atoms with Gasteiger partial charge in [-0.3, -0.25) is 0 Å². The molecule has 0 aliphatic carbocycles. The molecule has 0 aliphatic heterocycles. The number of hydrogen-bond acceptors (Lipinski definition) is 2. The van der Waals surface area contributed by atoms with Crippen molar-refractivity contribution in [2.45, 2.75) is 12.3 Å². The van der Waals surface area contributed by atoms with Crippen LogP contribution in [0.2, 0.25) is 0 Å². The van der Waals surface area contributed by atoms with Gasteiger partial charge in [0.2, 0.25) is 0 Å². The zero-order chi connectivity index (χ0) is 44.1. The fourth-order valence-electron chi connectivity index (χ4n) is 8.10. The van der Waals surface area contributed by atoms with Crippen molar-refractivity contribution in [3.63, 3.8) is 0 Å². The molecule has 302 valence electrons. The minimum absolute atomic E-state index is 0.584. The van der Waals surface area contributed by atoms with Crippen LogP contribution in [0.5, 0.6) is 11.5 Å². The molecule has 0 atom stereocenters. The van der Waals surface area contributed by atoms with Crippen molar-refractivity contribution in [3.8, 4) is 108 Å². The van der Waals surface area contributed by atoms with Gasteiger partial charge in [0.1, 0.15) is 0 Å². The van der Waals surface area contributed by atoms with Gasteiger partial charge in [-0.05, 0) is 0 Å². The molecule has 64 heavy (non-hydrogen) atoms. The van der Waals surface area contributed by atoms with E-state index in [9.17, 15) is 0 Å². The standard InChI is InChI=1S/C60H40O2P2/c1-3-5-7-9-11-31-45-61-59-47-52(50-64(56-39-25-16-26-40-56,57-41-27-17-28-42-57)58-43-29-18-30-44-58)60(62-46-32-12-10-8-6-4-2)48-51(59)49-63(53-33-19-13-20-34-53,54-35-21-14-22-36-54)55-37-23-15-24-38-55/h1-2,13-30,33-44,47-48,63-64H,49-50H2. The summed E-state index contributed by atoms with van der Waals surface area (Å²) in [6.07, 6.45) is 17.5. The van der Waals surface area contributed by atoms with Crippen LogP contribution in [0.4, 0.5) is 0 Å². The van der Waals surface area contributed by atoms with Gasteiger partial charge in [-0.15, -0.1) is 0 Å². The summed E-state index contributed by atoms with van der Waals surface area (Å²) in [4.78, 5) is 0. The molecule has 0 saturated heterocycles. The Hall–Kier alpha value is -8.52. The number of benzene rings is 7. The van der Waals surface area contributed by atoms with Gasteiger partial charge >= 0.3 is 381 Å². The predicted molar refractivity (Wildman–Crippen MR) is 273 cm³/mol. The molecule has 0 aliphatic rings.